The molecule has 0 heterocycles. The van der Waals surface area contributed by atoms with E-state index in [4.69, 9.17) is 13.3 Å². The van der Waals surface area contributed by atoms with Crippen molar-refractivity contribution in [2.45, 2.75) is 46.1 Å². The quantitative estimate of drug-likeness (QED) is 0.661. The van der Waals surface area contributed by atoms with Gasteiger partial charge in [-0.05, 0) is 11.8 Å². The molecule has 0 rings (SSSR count). The van der Waals surface area contributed by atoms with E-state index in [0.29, 0.717) is 5.54 Å². The second-order valence-corrected chi connectivity index (χ2v) is 8.05. The van der Waals surface area contributed by atoms with Crippen molar-refractivity contribution >= 4 is 8.80 Å². The lowest BCUT2D eigenvalue weighted by atomic mass is 9.89. The van der Waals surface area contributed by atoms with Crippen molar-refractivity contribution < 1.29 is 13.3 Å². The minimum Gasteiger partial charge on any atom is -0.377 e. The van der Waals surface area contributed by atoms with Gasteiger partial charge in [-0.3, -0.25) is 0 Å². The van der Waals surface area contributed by atoms with E-state index in [1.165, 1.54) is 0 Å². The SMILES string of the molecule is CCCC(C(C)(C)C)[Si](OC)(OC)OC. The average molecular weight is 234 g/mol. The lowest BCUT2D eigenvalue weighted by Gasteiger charge is -2.40. The van der Waals surface area contributed by atoms with Crippen LogP contribution in [0.5, 0.6) is 0 Å². The second-order valence-electron chi connectivity index (χ2n) is 4.92. The Hall–Kier alpha value is 0.0969. The van der Waals surface area contributed by atoms with Gasteiger partial charge in [0.15, 0.2) is 0 Å². The Bertz CT molecular complexity index is 165. The van der Waals surface area contributed by atoms with Crippen LogP contribution < -0.4 is 0 Å². The standard InChI is InChI=1S/C11H26O3Si/c1-8-9-10(11(2,3)4)15(12-5,13-6)14-7/h10H,8-9H2,1-7H3. The van der Waals surface area contributed by atoms with E-state index in [2.05, 4.69) is 27.7 Å². The fourth-order valence-corrected chi connectivity index (χ4v) is 5.16. The summed E-state index contributed by atoms with van der Waals surface area (Å²) in [6.45, 7) is 8.82. The summed E-state index contributed by atoms with van der Waals surface area (Å²) in [6, 6.07) is 0. The summed E-state index contributed by atoms with van der Waals surface area (Å²) in [5.74, 6) is 0. The van der Waals surface area contributed by atoms with Crippen LogP contribution in [0.15, 0.2) is 0 Å². The number of hydrogen-bond donors (Lipinski definition) is 0. The molecule has 0 spiro atoms. The van der Waals surface area contributed by atoms with Gasteiger partial charge in [0, 0.05) is 26.9 Å². The van der Waals surface area contributed by atoms with Crippen molar-refractivity contribution in [2.24, 2.45) is 5.41 Å². The van der Waals surface area contributed by atoms with Crippen LogP contribution in [0.3, 0.4) is 0 Å². The molecule has 0 fully saturated rings. The van der Waals surface area contributed by atoms with Crippen LogP contribution in [-0.2, 0) is 13.3 Å². The molecule has 0 radical (unpaired) electrons. The van der Waals surface area contributed by atoms with Crippen molar-refractivity contribution in [2.75, 3.05) is 21.3 Å². The highest BCUT2D eigenvalue weighted by Gasteiger charge is 2.51. The molecular weight excluding hydrogens is 208 g/mol. The van der Waals surface area contributed by atoms with Crippen molar-refractivity contribution in [3.05, 3.63) is 0 Å². The highest BCUT2D eigenvalue weighted by atomic mass is 28.4. The first-order valence-corrected chi connectivity index (χ1v) is 7.33. The Morgan fingerprint density at radius 1 is 1.00 bits per heavy atom. The predicted molar refractivity (Wildman–Crippen MR) is 64.9 cm³/mol. The van der Waals surface area contributed by atoms with Gasteiger partial charge in [0.2, 0.25) is 0 Å². The normalized spacial score (nSPS) is 15.4. The van der Waals surface area contributed by atoms with E-state index in [1.807, 2.05) is 0 Å². The van der Waals surface area contributed by atoms with Crippen LogP contribution in [0.1, 0.15) is 40.5 Å². The number of rotatable bonds is 6. The highest BCUT2D eigenvalue weighted by molar-refractivity contribution is 6.62. The Labute approximate surface area is 95.5 Å². The fraction of sp³-hybridized carbons (Fsp3) is 1.00. The molecule has 15 heavy (non-hydrogen) atoms. The highest BCUT2D eigenvalue weighted by Crippen LogP contribution is 2.43. The molecule has 0 aliphatic rings. The van der Waals surface area contributed by atoms with Crippen molar-refractivity contribution in [1.82, 2.24) is 0 Å². The molecule has 0 N–H and O–H groups in total. The Morgan fingerprint density at radius 3 is 1.60 bits per heavy atom. The summed E-state index contributed by atoms with van der Waals surface area (Å²) < 4.78 is 16.7. The topological polar surface area (TPSA) is 27.7 Å². The lowest BCUT2D eigenvalue weighted by Crippen LogP contribution is -2.51. The van der Waals surface area contributed by atoms with E-state index in [1.54, 1.807) is 21.3 Å². The maximum Gasteiger partial charge on any atom is 0.503 e. The van der Waals surface area contributed by atoms with Gasteiger partial charge in [0.1, 0.15) is 0 Å². The van der Waals surface area contributed by atoms with E-state index < -0.39 is 8.80 Å². The molecule has 0 aromatic rings. The van der Waals surface area contributed by atoms with E-state index in [0.717, 1.165) is 12.8 Å². The Balaban J connectivity index is 5.00. The molecule has 0 bridgehead atoms. The molecule has 0 aliphatic carbocycles. The van der Waals surface area contributed by atoms with Crippen molar-refractivity contribution in [3.63, 3.8) is 0 Å². The first-order chi connectivity index (χ1) is 6.87. The van der Waals surface area contributed by atoms with Gasteiger partial charge in [-0.15, -0.1) is 0 Å². The third-order valence-corrected chi connectivity index (χ3v) is 6.62. The average Bonchev–Trinajstić information content (AvgIpc) is 2.18. The molecular formula is C11H26O3Si. The molecule has 0 aromatic carbocycles. The monoisotopic (exact) mass is 234 g/mol. The Morgan fingerprint density at radius 2 is 1.40 bits per heavy atom. The molecule has 92 valence electrons. The van der Waals surface area contributed by atoms with E-state index in [9.17, 15) is 0 Å². The zero-order chi connectivity index (χ0) is 12.1. The third-order valence-electron chi connectivity index (χ3n) is 2.90. The molecule has 1 atom stereocenters. The van der Waals surface area contributed by atoms with Crippen LogP contribution in [0.25, 0.3) is 0 Å². The zero-order valence-corrected chi connectivity index (χ0v) is 12.2. The maximum atomic E-state index is 5.57. The summed E-state index contributed by atoms with van der Waals surface area (Å²) in [6.07, 6.45) is 2.19. The minimum atomic E-state index is -2.50. The summed E-state index contributed by atoms with van der Waals surface area (Å²) in [5.41, 5.74) is 0.486. The van der Waals surface area contributed by atoms with Gasteiger partial charge >= 0.3 is 8.80 Å². The molecule has 0 aliphatic heterocycles. The zero-order valence-electron chi connectivity index (χ0n) is 11.2. The molecule has 0 saturated carbocycles. The summed E-state index contributed by atoms with van der Waals surface area (Å²) in [4.78, 5) is 0. The third kappa shape index (κ3) is 3.55. The summed E-state index contributed by atoms with van der Waals surface area (Å²) in [5, 5.41) is 0. The van der Waals surface area contributed by atoms with Crippen molar-refractivity contribution in [1.29, 1.82) is 0 Å². The summed E-state index contributed by atoms with van der Waals surface area (Å²) >= 11 is 0. The largest absolute Gasteiger partial charge is 0.503 e. The molecule has 4 heteroatoms. The van der Waals surface area contributed by atoms with E-state index in [-0.39, 0.29) is 5.41 Å². The first-order valence-electron chi connectivity index (χ1n) is 5.53. The van der Waals surface area contributed by atoms with Crippen molar-refractivity contribution in [3.8, 4) is 0 Å². The van der Waals surface area contributed by atoms with Crippen LogP contribution in [-0.4, -0.2) is 30.1 Å². The van der Waals surface area contributed by atoms with Gasteiger partial charge in [-0.25, -0.2) is 0 Å². The molecule has 1 unspecified atom stereocenters. The molecule has 3 nitrogen and oxygen atoms in total. The van der Waals surface area contributed by atoms with E-state index >= 15 is 0 Å². The maximum absolute atomic E-state index is 5.57. The predicted octanol–water partition coefficient (Wildman–Crippen LogP) is 3.08. The molecule has 0 aromatic heterocycles. The molecule has 0 saturated heterocycles. The van der Waals surface area contributed by atoms with Crippen LogP contribution >= 0.6 is 0 Å². The first kappa shape index (κ1) is 15.1. The van der Waals surface area contributed by atoms with Crippen LogP contribution in [0, 0.1) is 5.41 Å². The fourth-order valence-electron chi connectivity index (χ4n) is 2.11. The van der Waals surface area contributed by atoms with Crippen LogP contribution in [0.2, 0.25) is 5.54 Å². The summed E-state index contributed by atoms with van der Waals surface area (Å²) in [7, 11) is 2.56. The lowest BCUT2D eigenvalue weighted by molar-refractivity contribution is 0.0886. The second kappa shape index (κ2) is 5.99. The van der Waals surface area contributed by atoms with Gasteiger partial charge in [-0.2, -0.15) is 0 Å². The van der Waals surface area contributed by atoms with Gasteiger partial charge in [-0.1, -0.05) is 34.1 Å². The van der Waals surface area contributed by atoms with Crippen LogP contribution in [0.4, 0.5) is 0 Å². The Kier molecular flexibility index (Phi) is 6.03. The minimum absolute atomic E-state index is 0.143. The van der Waals surface area contributed by atoms with Gasteiger partial charge < -0.3 is 13.3 Å². The van der Waals surface area contributed by atoms with Gasteiger partial charge in [0.25, 0.3) is 0 Å². The number of hydrogen-bond acceptors (Lipinski definition) is 3. The molecule has 0 amide bonds. The smallest absolute Gasteiger partial charge is 0.377 e. The van der Waals surface area contributed by atoms with Gasteiger partial charge in [0.05, 0.1) is 0 Å².